The van der Waals surface area contributed by atoms with Gasteiger partial charge in [0.25, 0.3) is 0 Å². The highest BCUT2D eigenvalue weighted by Crippen LogP contribution is 2.30. The highest BCUT2D eigenvalue weighted by atomic mass is 35.5. The molecule has 1 saturated heterocycles. The fourth-order valence-corrected chi connectivity index (χ4v) is 3.93. The van der Waals surface area contributed by atoms with Gasteiger partial charge in [-0.15, -0.1) is 0 Å². The van der Waals surface area contributed by atoms with Crippen LogP contribution in [0.1, 0.15) is 0 Å². The minimum atomic E-state index is -0.265. The first kappa shape index (κ1) is 16.3. The summed E-state index contributed by atoms with van der Waals surface area (Å²) in [5.41, 5.74) is 3.61. The van der Waals surface area contributed by atoms with E-state index in [2.05, 4.69) is 30.8 Å². The second kappa shape index (κ2) is 6.39. The van der Waals surface area contributed by atoms with E-state index in [1.165, 1.54) is 12.1 Å². The molecule has 1 aliphatic rings. The Bertz CT molecular complexity index is 1130. The Hall–Kier alpha value is -2.86. The zero-order valence-corrected chi connectivity index (χ0v) is 15.2. The maximum atomic E-state index is 13.6. The van der Waals surface area contributed by atoms with Gasteiger partial charge in [0.2, 0.25) is 0 Å². The third-order valence-corrected chi connectivity index (χ3v) is 5.31. The van der Waals surface area contributed by atoms with Crippen LogP contribution in [0.25, 0.3) is 21.9 Å². The maximum Gasteiger partial charge on any atom is 0.156 e. The van der Waals surface area contributed by atoms with Gasteiger partial charge in [0, 0.05) is 47.8 Å². The molecule has 0 unspecified atom stereocenters. The van der Waals surface area contributed by atoms with E-state index in [9.17, 15) is 4.39 Å². The second-order valence-electron chi connectivity index (χ2n) is 6.69. The second-order valence-corrected chi connectivity index (χ2v) is 7.13. The molecular weight excluding hydrogens is 365 g/mol. The number of aromatic amines is 1. The largest absolute Gasteiger partial charge is 0.368 e. The van der Waals surface area contributed by atoms with Gasteiger partial charge >= 0.3 is 0 Å². The molecule has 3 heterocycles. The molecule has 0 bridgehead atoms. The average molecular weight is 382 g/mol. The quantitative estimate of drug-likeness (QED) is 0.564. The van der Waals surface area contributed by atoms with Crippen LogP contribution in [0.4, 0.5) is 15.9 Å². The topological polar surface area (TPSA) is 48.1 Å². The minimum absolute atomic E-state index is 0.265. The van der Waals surface area contributed by atoms with Gasteiger partial charge in [-0.05, 0) is 36.4 Å². The fraction of sp³-hybridized carbons (Fsp3) is 0.200. The van der Waals surface area contributed by atoms with Crippen LogP contribution in [0, 0.1) is 5.82 Å². The van der Waals surface area contributed by atoms with Gasteiger partial charge < -0.3 is 14.8 Å². The highest BCUT2D eigenvalue weighted by molar-refractivity contribution is 6.30. The SMILES string of the molecule is Fc1ccc2[nH]c3c(N4CCN(c5cccc(Cl)c5)CC4)ncnc3c2c1. The van der Waals surface area contributed by atoms with Crippen LogP contribution in [-0.4, -0.2) is 41.1 Å². The predicted octanol–water partition coefficient (Wildman–Crippen LogP) is 4.23. The Labute approximate surface area is 160 Å². The lowest BCUT2D eigenvalue weighted by Gasteiger charge is -2.36. The first-order valence-corrected chi connectivity index (χ1v) is 9.24. The van der Waals surface area contributed by atoms with Crippen molar-refractivity contribution >= 4 is 45.0 Å². The lowest BCUT2D eigenvalue weighted by atomic mass is 10.2. The molecule has 27 heavy (non-hydrogen) atoms. The van der Waals surface area contributed by atoms with E-state index >= 15 is 0 Å². The number of anilines is 2. The molecule has 1 aliphatic heterocycles. The maximum absolute atomic E-state index is 13.6. The molecule has 7 heteroatoms. The zero-order valence-electron chi connectivity index (χ0n) is 14.5. The molecule has 0 aliphatic carbocycles. The molecule has 2 aromatic carbocycles. The summed E-state index contributed by atoms with van der Waals surface area (Å²) in [5.74, 6) is 0.598. The third kappa shape index (κ3) is 2.86. The average Bonchev–Trinajstić information content (AvgIpc) is 3.06. The molecule has 5 nitrogen and oxygen atoms in total. The minimum Gasteiger partial charge on any atom is -0.368 e. The molecule has 0 atom stereocenters. The summed E-state index contributed by atoms with van der Waals surface area (Å²) in [6, 6.07) is 12.6. The number of benzene rings is 2. The molecule has 0 radical (unpaired) electrons. The molecule has 0 spiro atoms. The van der Waals surface area contributed by atoms with Gasteiger partial charge in [0.15, 0.2) is 5.82 Å². The van der Waals surface area contributed by atoms with Gasteiger partial charge in [0.1, 0.15) is 23.2 Å². The van der Waals surface area contributed by atoms with Gasteiger partial charge in [-0.1, -0.05) is 17.7 Å². The van der Waals surface area contributed by atoms with E-state index < -0.39 is 0 Å². The Morgan fingerprint density at radius 2 is 1.78 bits per heavy atom. The molecule has 136 valence electrons. The summed E-state index contributed by atoms with van der Waals surface area (Å²) in [5, 5.41) is 1.53. The van der Waals surface area contributed by atoms with Crippen molar-refractivity contribution in [3.8, 4) is 0 Å². The first-order valence-electron chi connectivity index (χ1n) is 8.86. The zero-order chi connectivity index (χ0) is 18.4. The van der Waals surface area contributed by atoms with E-state index in [-0.39, 0.29) is 5.82 Å². The number of rotatable bonds is 2. The van der Waals surface area contributed by atoms with Crippen LogP contribution in [0.15, 0.2) is 48.8 Å². The standard InChI is InChI=1S/C20H17ClFN5/c21-13-2-1-3-15(10-13)26-6-8-27(9-7-26)20-19-18(23-12-24-20)16-11-14(22)4-5-17(16)25-19/h1-5,10-12,25H,6-9H2. The summed E-state index contributed by atoms with van der Waals surface area (Å²) in [4.78, 5) is 16.8. The molecule has 0 amide bonds. The Balaban J connectivity index is 1.46. The van der Waals surface area contributed by atoms with Crippen LogP contribution >= 0.6 is 11.6 Å². The molecule has 1 fully saturated rings. The van der Waals surface area contributed by atoms with E-state index in [0.29, 0.717) is 0 Å². The number of fused-ring (bicyclic) bond motifs is 3. The predicted molar refractivity (Wildman–Crippen MR) is 107 cm³/mol. The number of hydrogen-bond donors (Lipinski definition) is 1. The van der Waals surface area contributed by atoms with Crippen molar-refractivity contribution in [3.63, 3.8) is 0 Å². The van der Waals surface area contributed by atoms with Gasteiger partial charge in [-0.25, -0.2) is 14.4 Å². The highest BCUT2D eigenvalue weighted by Gasteiger charge is 2.22. The number of halogens is 2. The van der Waals surface area contributed by atoms with Crippen molar-refractivity contribution in [1.82, 2.24) is 15.0 Å². The Morgan fingerprint density at radius 3 is 2.59 bits per heavy atom. The smallest absolute Gasteiger partial charge is 0.156 e. The number of aromatic nitrogens is 3. The third-order valence-electron chi connectivity index (χ3n) is 5.08. The van der Waals surface area contributed by atoms with E-state index in [1.807, 2.05) is 18.2 Å². The molecule has 4 aromatic rings. The van der Waals surface area contributed by atoms with Crippen molar-refractivity contribution in [2.45, 2.75) is 0 Å². The van der Waals surface area contributed by atoms with Crippen LogP contribution in [-0.2, 0) is 0 Å². The summed E-state index contributed by atoms with van der Waals surface area (Å²) in [7, 11) is 0. The first-order chi connectivity index (χ1) is 13.2. The fourth-order valence-electron chi connectivity index (χ4n) is 3.74. The molecule has 1 N–H and O–H groups in total. The summed E-state index contributed by atoms with van der Waals surface area (Å²) < 4.78 is 13.6. The van der Waals surface area contributed by atoms with Gasteiger partial charge in [0.05, 0.1) is 0 Å². The molecular formula is C20H17ClFN5. The summed E-state index contributed by atoms with van der Waals surface area (Å²) in [6.07, 6.45) is 1.55. The van der Waals surface area contributed by atoms with Gasteiger partial charge in [-0.2, -0.15) is 0 Å². The molecule has 5 rings (SSSR count). The number of nitrogens with zero attached hydrogens (tertiary/aromatic N) is 4. The Kier molecular flexibility index (Phi) is 3.86. The van der Waals surface area contributed by atoms with E-state index in [1.54, 1.807) is 12.4 Å². The van der Waals surface area contributed by atoms with Crippen molar-refractivity contribution in [2.24, 2.45) is 0 Å². The number of nitrogens with one attached hydrogen (secondary N) is 1. The van der Waals surface area contributed by atoms with Crippen molar-refractivity contribution in [3.05, 3.63) is 59.6 Å². The van der Waals surface area contributed by atoms with Crippen molar-refractivity contribution in [2.75, 3.05) is 36.0 Å². The summed E-state index contributed by atoms with van der Waals surface area (Å²) in [6.45, 7) is 3.42. The van der Waals surface area contributed by atoms with Crippen LogP contribution < -0.4 is 9.80 Å². The van der Waals surface area contributed by atoms with Crippen LogP contribution in [0.5, 0.6) is 0 Å². The lowest BCUT2D eigenvalue weighted by molar-refractivity contribution is 0.630. The van der Waals surface area contributed by atoms with Crippen molar-refractivity contribution < 1.29 is 4.39 Å². The monoisotopic (exact) mass is 381 g/mol. The van der Waals surface area contributed by atoms with E-state index in [0.717, 1.165) is 64.6 Å². The van der Waals surface area contributed by atoms with E-state index in [4.69, 9.17) is 11.6 Å². The van der Waals surface area contributed by atoms with Crippen LogP contribution in [0.2, 0.25) is 5.02 Å². The normalized spacial score (nSPS) is 15.0. The lowest BCUT2D eigenvalue weighted by Crippen LogP contribution is -2.47. The summed E-state index contributed by atoms with van der Waals surface area (Å²) >= 11 is 6.12. The molecule has 2 aromatic heterocycles. The van der Waals surface area contributed by atoms with Crippen LogP contribution in [0.3, 0.4) is 0 Å². The molecule has 0 saturated carbocycles. The van der Waals surface area contributed by atoms with Gasteiger partial charge in [-0.3, -0.25) is 0 Å². The number of hydrogen-bond acceptors (Lipinski definition) is 4. The number of piperazine rings is 1. The number of H-pyrrole nitrogens is 1. The Morgan fingerprint density at radius 1 is 0.963 bits per heavy atom. The van der Waals surface area contributed by atoms with Crippen molar-refractivity contribution in [1.29, 1.82) is 0 Å².